The van der Waals surface area contributed by atoms with Gasteiger partial charge in [-0.3, -0.25) is 0 Å². The second kappa shape index (κ2) is 4.97. The van der Waals surface area contributed by atoms with Crippen LogP contribution in [0.5, 0.6) is 0 Å². The Morgan fingerprint density at radius 1 is 1.50 bits per heavy atom. The molecule has 2 heterocycles. The number of hydrogen-bond acceptors (Lipinski definition) is 4. The summed E-state index contributed by atoms with van der Waals surface area (Å²) in [4.78, 5) is 4.23. The van der Waals surface area contributed by atoms with Crippen molar-refractivity contribution in [3.63, 3.8) is 0 Å². The number of aromatic nitrogens is 1. The number of nitrogens with zero attached hydrogens (tertiary/aromatic N) is 1. The predicted octanol–water partition coefficient (Wildman–Crippen LogP) is 2.06. The third-order valence-corrected chi connectivity index (χ3v) is 3.19. The van der Waals surface area contributed by atoms with Crippen LogP contribution < -0.4 is 5.32 Å². The van der Waals surface area contributed by atoms with Gasteiger partial charge in [-0.25, -0.2) is 4.98 Å². The van der Waals surface area contributed by atoms with Gasteiger partial charge in [-0.2, -0.15) is 0 Å². The lowest BCUT2D eigenvalue weighted by Crippen LogP contribution is -2.35. The van der Waals surface area contributed by atoms with E-state index in [1.165, 1.54) is 0 Å². The summed E-state index contributed by atoms with van der Waals surface area (Å²) >= 11 is 0. The van der Waals surface area contributed by atoms with Gasteiger partial charge in [0.2, 0.25) is 5.89 Å². The van der Waals surface area contributed by atoms with Crippen LogP contribution >= 0.6 is 0 Å². The van der Waals surface area contributed by atoms with Gasteiger partial charge in [0.1, 0.15) is 5.76 Å². The zero-order chi connectivity index (χ0) is 11.5. The Balaban J connectivity index is 1.88. The minimum atomic E-state index is 0.157. The van der Waals surface area contributed by atoms with Crippen LogP contribution in [0.25, 0.3) is 0 Å². The van der Waals surface area contributed by atoms with Crippen LogP contribution in [-0.2, 0) is 4.74 Å². The number of nitrogens with one attached hydrogen (secondary N) is 1. The fourth-order valence-corrected chi connectivity index (χ4v) is 2.12. The van der Waals surface area contributed by atoms with Crippen molar-refractivity contribution in [1.29, 1.82) is 0 Å². The summed E-state index contributed by atoms with van der Waals surface area (Å²) < 4.78 is 10.9. The van der Waals surface area contributed by atoms with Gasteiger partial charge in [-0.05, 0) is 33.1 Å². The van der Waals surface area contributed by atoms with Crippen LogP contribution in [0.3, 0.4) is 0 Å². The largest absolute Gasteiger partial charge is 0.444 e. The minimum absolute atomic E-state index is 0.157. The topological polar surface area (TPSA) is 47.3 Å². The van der Waals surface area contributed by atoms with Crippen molar-refractivity contribution in [2.24, 2.45) is 5.92 Å². The molecule has 0 saturated carbocycles. The first-order valence-corrected chi connectivity index (χ1v) is 5.93. The molecular weight excluding hydrogens is 204 g/mol. The van der Waals surface area contributed by atoms with Crippen LogP contribution in [0.2, 0.25) is 0 Å². The van der Waals surface area contributed by atoms with Crippen LogP contribution in [0, 0.1) is 12.8 Å². The molecule has 2 rings (SSSR count). The van der Waals surface area contributed by atoms with E-state index in [4.69, 9.17) is 9.15 Å². The molecule has 0 spiro atoms. The maximum Gasteiger partial charge on any atom is 0.211 e. The summed E-state index contributed by atoms with van der Waals surface area (Å²) in [7, 11) is 0. The Bertz CT molecular complexity index is 332. The van der Waals surface area contributed by atoms with Gasteiger partial charge < -0.3 is 14.5 Å². The molecule has 1 aromatic rings. The van der Waals surface area contributed by atoms with Gasteiger partial charge in [-0.15, -0.1) is 0 Å². The summed E-state index contributed by atoms with van der Waals surface area (Å²) in [5, 5.41) is 3.52. The lowest BCUT2D eigenvalue weighted by Gasteiger charge is -2.22. The molecule has 1 fully saturated rings. The van der Waals surface area contributed by atoms with Crippen LogP contribution in [0.15, 0.2) is 10.6 Å². The molecule has 0 aromatic carbocycles. The molecule has 0 radical (unpaired) electrons. The standard InChI is InChI=1S/C12H20N2O2/c1-8-6-13-12(16-8)10(3)14-9(2)11-4-5-15-7-11/h6,9-11,14H,4-5,7H2,1-3H3. The molecule has 4 nitrogen and oxygen atoms in total. The number of rotatable bonds is 4. The highest BCUT2D eigenvalue weighted by Crippen LogP contribution is 2.20. The zero-order valence-electron chi connectivity index (χ0n) is 10.2. The van der Waals surface area contributed by atoms with Crippen LogP contribution in [-0.4, -0.2) is 24.2 Å². The molecule has 0 aliphatic carbocycles. The van der Waals surface area contributed by atoms with E-state index >= 15 is 0 Å². The SMILES string of the molecule is Cc1cnc(C(C)NC(C)C2CCOC2)o1. The monoisotopic (exact) mass is 224 g/mol. The minimum Gasteiger partial charge on any atom is -0.444 e. The first-order valence-electron chi connectivity index (χ1n) is 5.93. The molecule has 1 saturated heterocycles. The van der Waals surface area contributed by atoms with Crippen molar-refractivity contribution in [2.75, 3.05) is 13.2 Å². The van der Waals surface area contributed by atoms with Gasteiger partial charge >= 0.3 is 0 Å². The van der Waals surface area contributed by atoms with Crippen LogP contribution in [0.1, 0.15) is 38.0 Å². The Kier molecular flexibility index (Phi) is 3.61. The first kappa shape index (κ1) is 11.6. The van der Waals surface area contributed by atoms with Crippen molar-refractivity contribution in [3.05, 3.63) is 17.8 Å². The average molecular weight is 224 g/mol. The second-order valence-electron chi connectivity index (χ2n) is 4.61. The molecule has 16 heavy (non-hydrogen) atoms. The van der Waals surface area contributed by atoms with Gasteiger partial charge in [0.05, 0.1) is 18.8 Å². The highest BCUT2D eigenvalue weighted by molar-refractivity contribution is 4.96. The molecule has 1 N–H and O–H groups in total. The van der Waals surface area contributed by atoms with E-state index in [0.29, 0.717) is 12.0 Å². The summed E-state index contributed by atoms with van der Waals surface area (Å²) in [5.41, 5.74) is 0. The fraction of sp³-hybridized carbons (Fsp3) is 0.750. The molecule has 3 atom stereocenters. The molecule has 1 aliphatic heterocycles. The van der Waals surface area contributed by atoms with E-state index in [2.05, 4.69) is 24.1 Å². The normalized spacial score (nSPS) is 24.6. The van der Waals surface area contributed by atoms with Crippen molar-refractivity contribution in [1.82, 2.24) is 10.3 Å². The van der Waals surface area contributed by atoms with Gasteiger partial charge in [0.25, 0.3) is 0 Å². The maximum absolute atomic E-state index is 5.50. The fourth-order valence-electron chi connectivity index (χ4n) is 2.12. The second-order valence-corrected chi connectivity index (χ2v) is 4.61. The maximum atomic E-state index is 5.50. The highest BCUT2D eigenvalue weighted by Gasteiger charge is 2.24. The molecule has 90 valence electrons. The van der Waals surface area contributed by atoms with Crippen molar-refractivity contribution >= 4 is 0 Å². The molecule has 0 amide bonds. The van der Waals surface area contributed by atoms with Gasteiger partial charge in [0.15, 0.2) is 0 Å². The molecule has 0 bridgehead atoms. The summed E-state index contributed by atoms with van der Waals surface area (Å²) in [6, 6.07) is 0.592. The lowest BCUT2D eigenvalue weighted by atomic mass is 10.00. The number of aryl methyl sites for hydroxylation is 1. The number of ether oxygens (including phenoxy) is 1. The molecule has 3 unspecified atom stereocenters. The third-order valence-electron chi connectivity index (χ3n) is 3.19. The van der Waals surface area contributed by atoms with E-state index in [1.807, 2.05) is 6.92 Å². The smallest absolute Gasteiger partial charge is 0.211 e. The Hall–Kier alpha value is -0.870. The van der Waals surface area contributed by atoms with Gasteiger partial charge in [0, 0.05) is 12.6 Å². The molecule has 4 heteroatoms. The Morgan fingerprint density at radius 3 is 2.88 bits per heavy atom. The van der Waals surface area contributed by atoms with E-state index in [-0.39, 0.29) is 6.04 Å². The quantitative estimate of drug-likeness (QED) is 0.850. The van der Waals surface area contributed by atoms with E-state index in [9.17, 15) is 0 Å². The average Bonchev–Trinajstić information content (AvgIpc) is 2.87. The van der Waals surface area contributed by atoms with Crippen LogP contribution in [0.4, 0.5) is 0 Å². The van der Waals surface area contributed by atoms with E-state index in [0.717, 1.165) is 31.3 Å². The predicted molar refractivity (Wildman–Crippen MR) is 61.2 cm³/mol. The molecule has 1 aliphatic rings. The summed E-state index contributed by atoms with van der Waals surface area (Å²) in [6.45, 7) is 7.95. The lowest BCUT2D eigenvalue weighted by molar-refractivity contribution is 0.176. The van der Waals surface area contributed by atoms with Gasteiger partial charge in [-0.1, -0.05) is 0 Å². The van der Waals surface area contributed by atoms with E-state index in [1.54, 1.807) is 6.20 Å². The number of hydrogen-bond donors (Lipinski definition) is 1. The Morgan fingerprint density at radius 2 is 2.31 bits per heavy atom. The summed E-state index contributed by atoms with van der Waals surface area (Å²) in [5.74, 6) is 2.24. The first-order chi connectivity index (χ1) is 7.66. The van der Waals surface area contributed by atoms with Crippen molar-refractivity contribution < 1.29 is 9.15 Å². The third kappa shape index (κ3) is 2.62. The van der Waals surface area contributed by atoms with Crippen molar-refractivity contribution in [3.8, 4) is 0 Å². The highest BCUT2D eigenvalue weighted by atomic mass is 16.5. The van der Waals surface area contributed by atoms with Crippen molar-refractivity contribution in [2.45, 2.75) is 39.3 Å². The summed E-state index contributed by atoms with van der Waals surface area (Å²) in [6.07, 6.45) is 2.91. The van der Waals surface area contributed by atoms with E-state index < -0.39 is 0 Å². The molecular formula is C12H20N2O2. The molecule has 1 aromatic heterocycles. The zero-order valence-corrected chi connectivity index (χ0v) is 10.2. The number of oxazole rings is 1. The Labute approximate surface area is 96.4 Å².